The molecule has 0 radical (unpaired) electrons. The zero-order valence-electron chi connectivity index (χ0n) is 23.8. The number of carbonyl (C=O) groups is 1. The minimum Gasteiger partial charge on any atom is -0.462 e. The van der Waals surface area contributed by atoms with Crippen LogP contribution in [0, 0.1) is 50.2 Å². The molecule has 2 heteroatoms. The van der Waals surface area contributed by atoms with Crippen LogP contribution in [0.1, 0.15) is 127 Å². The van der Waals surface area contributed by atoms with Crippen LogP contribution in [0.15, 0.2) is 11.6 Å². The molecule has 0 heterocycles. The van der Waals surface area contributed by atoms with Gasteiger partial charge in [-0.05, 0) is 109 Å². The Morgan fingerprint density at radius 2 is 1.53 bits per heavy atom. The fourth-order valence-electron chi connectivity index (χ4n) is 10.9. The summed E-state index contributed by atoms with van der Waals surface area (Å²) in [5, 5.41) is 0. The molecule has 0 bridgehead atoms. The number of allylic oxidation sites excluding steroid dienone is 2. The molecule has 4 saturated carbocycles. The number of fused-ring (bicyclic) bond motifs is 7. The van der Waals surface area contributed by atoms with Gasteiger partial charge in [-0.25, -0.2) is 0 Å². The summed E-state index contributed by atoms with van der Waals surface area (Å²) >= 11 is 0. The Morgan fingerprint density at radius 3 is 2.21 bits per heavy atom. The first-order valence-corrected chi connectivity index (χ1v) is 14.5. The van der Waals surface area contributed by atoms with Crippen LogP contribution in [0.3, 0.4) is 0 Å². The molecule has 0 amide bonds. The summed E-state index contributed by atoms with van der Waals surface area (Å²) < 4.78 is 5.89. The van der Waals surface area contributed by atoms with Gasteiger partial charge in [-0.1, -0.05) is 67.0 Å². The molecular weight excluding hydrogens is 416 g/mol. The van der Waals surface area contributed by atoms with E-state index in [1.54, 1.807) is 6.92 Å². The van der Waals surface area contributed by atoms with Gasteiger partial charge in [-0.15, -0.1) is 0 Å². The summed E-state index contributed by atoms with van der Waals surface area (Å²) in [4.78, 5) is 11.9. The second-order valence-corrected chi connectivity index (χ2v) is 15.8. The molecule has 0 aromatic heterocycles. The number of hydrogen-bond donors (Lipinski definition) is 0. The quantitative estimate of drug-likeness (QED) is 0.284. The summed E-state index contributed by atoms with van der Waals surface area (Å²) in [6.07, 6.45) is 15.9. The van der Waals surface area contributed by atoms with Crippen molar-refractivity contribution in [3.8, 4) is 0 Å². The molecule has 0 unspecified atom stereocenters. The van der Waals surface area contributed by atoms with Crippen LogP contribution in [0.25, 0.3) is 0 Å². The lowest BCUT2D eigenvalue weighted by Crippen LogP contribution is -2.63. The van der Waals surface area contributed by atoms with Gasteiger partial charge in [-0.2, -0.15) is 0 Å². The van der Waals surface area contributed by atoms with Gasteiger partial charge in [0.2, 0.25) is 0 Å². The van der Waals surface area contributed by atoms with Crippen molar-refractivity contribution in [3.63, 3.8) is 0 Å². The van der Waals surface area contributed by atoms with Crippen LogP contribution < -0.4 is 0 Å². The predicted octanol–water partition coefficient (Wildman–Crippen LogP) is 8.74. The number of rotatable bonds is 1. The van der Waals surface area contributed by atoms with Crippen molar-refractivity contribution in [1.29, 1.82) is 0 Å². The zero-order chi connectivity index (χ0) is 24.9. The van der Waals surface area contributed by atoms with Crippen LogP contribution in [0.5, 0.6) is 0 Å². The Balaban J connectivity index is 1.52. The number of carbonyl (C=O) groups excluding carboxylic acids is 1. The van der Waals surface area contributed by atoms with E-state index in [0.29, 0.717) is 38.9 Å². The van der Waals surface area contributed by atoms with E-state index in [1.165, 1.54) is 51.4 Å². The van der Waals surface area contributed by atoms with Crippen molar-refractivity contribution in [2.75, 3.05) is 0 Å². The molecule has 5 aliphatic rings. The van der Waals surface area contributed by atoms with E-state index in [1.807, 2.05) is 5.57 Å². The molecule has 0 spiro atoms. The lowest BCUT2D eigenvalue weighted by molar-refractivity contribution is -0.187. The van der Waals surface area contributed by atoms with Gasteiger partial charge >= 0.3 is 5.97 Å². The van der Waals surface area contributed by atoms with Gasteiger partial charge in [-0.3, -0.25) is 4.79 Å². The maximum absolute atomic E-state index is 11.9. The Kier molecular flexibility index (Phi) is 5.40. The van der Waals surface area contributed by atoms with E-state index in [2.05, 4.69) is 61.5 Å². The maximum atomic E-state index is 11.9. The fourth-order valence-corrected chi connectivity index (χ4v) is 10.9. The summed E-state index contributed by atoms with van der Waals surface area (Å²) in [5.41, 5.74) is 3.95. The topological polar surface area (TPSA) is 26.3 Å². The largest absolute Gasteiger partial charge is 0.462 e. The van der Waals surface area contributed by atoms with Crippen LogP contribution in [0.4, 0.5) is 0 Å². The number of esters is 1. The highest BCUT2D eigenvalue weighted by Crippen LogP contribution is 2.75. The van der Waals surface area contributed by atoms with E-state index < -0.39 is 0 Å². The standard InChI is InChI=1S/C32H52O2/c1-21(33)34-26-13-14-30(7)22-12-15-32(9)25-20-27(2,3)16-17-29(25,6)18-19-31(32,8)23(22)10-11-24(30)28(26,4)5/h10,22,24-26H,11-20H2,1-9H3/t22-,24-,25+,26-,29+,30+,31-,32-/m0/s1. The molecule has 192 valence electrons. The average molecular weight is 469 g/mol. The zero-order valence-corrected chi connectivity index (χ0v) is 23.8. The molecule has 2 nitrogen and oxygen atoms in total. The lowest BCUT2D eigenvalue weighted by atomic mass is 9.34. The lowest BCUT2D eigenvalue weighted by Gasteiger charge is -2.71. The van der Waals surface area contributed by atoms with Crippen LogP contribution >= 0.6 is 0 Å². The second-order valence-electron chi connectivity index (χ2n) is 15.8. The van der Waals surface area contributed by atoms with Gasteiger partial charge in [0, 0.05) is 12.3 Å². The van der Waals surface area contributed by atoms with Crippen LogP contribution in [0.2, 0.25) is 0 Å². The molecule has 0 saturated heterocycles. The molecular formula is C32H52O2. The van der Waals surface area contributed by atoms with Crippen LogP contribution in [-0.4, -0.2) is 12.1 Å². The molecule has 0 aromatic carbocycles. The predicted molar refractivity (Wildman–Crippen MR) is 140 cm³/mol. The van der Waals surface area contributed by atoms with Gasteiger partial charge < -0.3 is 4.74 Å². The molecule has 8 atom stereocenters. The second kappa shape index (κ2) is 7.38. The van der Waals surface area contributed by atoms with Crippen molar-refractivity contribution in [1.82, 2.24) is 0 Å². The third-order valence-electron chi connectivity index (χ3n) is 13.3. The first-order chi connectivity index (χ1) is 15.6. The minimum absolute atomic E-state index is 0.0287. The Bertz CT molecular complexity index is 897. The molecule has 34 heavy (non-hydrogen) atoms. The average Bonchev–Trinajstić information content (AvgIpc) is 2.73. The molecule has 5 aliphatic carbocycles. The van der Waals surface area contributed by atoms with Gasteiger partial charge in [0.1, 0.15) is 6.10 Å². The van der Waals surface area contributed by atoms with E-state index >= 15 is 0 Å². The highest BCUT2D eigenvalue weighted by atomic mass is 16.5. The normalized spacial score (nSPS) is 51.1. The maximum Gasteiger partial charge on any atom is 0.302 e. The molecule has 4 fully saturated rings. The monoisotopic (exact) mass is 468 g/mol. The Hall–Kier alpha value is -0.790. The van der Waals surface area contributed by atoms with E-state index in [9.17, 15) is 4.79 Å². The first kappa shape index (κ1) is 24.9. The summed E-state index contributed by atoms with van der Waals surface area (Å²) in [6, 6.07) is 0. The summed E-state index contributed by atoms with van der Waals surface area (Å²) in [5.74, 6) is 2.01. The molecule has 0 aromatic rings. The van der Waals surface area contributed by atoms with Crippen molar-refractivity contribution < 1.29 is 9.53 Å². The Morgan fingerprint density at radius 1 is 0.853 bits per heavy atom. The molecule has 5 rings (SSSR count). The third-order valence-corrected chi connectivity index (χ3v) is 13.3. The van der Waals surface area contributed by atoms with Crippen LogP contribution in [-0.2, 0) is 9.53 Å². The van der Waals surface area contributed by atoms with E-state index in [4.69, 9.17) is 4.74 Å². The van der Waals surface area contributed by atoms with Gasteiger partial charge in [0.25, 0.3) is 0 Å². The highest BCUT2D eigenvalue weighted by molar-refractivity contribution is 5.66. The van der Waals surface area contributed by atoms with Crippen molar-refractivity contribution in [3.05, 3.63) is 11.6 Å². The van der Waals surface area contributed by atoms with Gasteiger partial charge in [0.15, 0.2) is 0 Å². The third kappa shape index (κ3) is 3.21. The van der Waals surface area contributed by atoms with Crippen molar-refractivity contribution >= 4 is 5.97 Å². The SMILES string of the molecule is CC(=O)O[C@H]1CC[C@]2(C)[C@H]3CC[C@@]4(C)[C@@H]5CC(C)(C)CC[C@]5(C)CC[C@@]4(C)C3=CC[C@H]2C1(C)C. The van der Waals surface area contributed by atoms with E-state index in [-0.39, 0.29) is 17.5 Å². The minimum atomic E-state index is -0.115. The fraction of sp³-hybridized carbons (Fsp3) is 0.906. The molecule has 0 aliphatic heterocycles. The Labute approximate surface area is 210 Å². The highest BCUT2D eigenvalue weighted by Gasteiger charge is 2.67. The molecule has 0 N–H and O–H groups in total. The number of ether oxygens (including phenoxy) is 1. The van der Waals surface area contributed by atoms with Crippen molar-refractivity contribution in [2.24, 2.45) is 50.2 Å². The van der Waals surface area contributed by atoms with E-state index in [0.717, 1.165) is 18.8 Å². The van der Waals surface area contributed by atoms with Gasteiger partial charge in [0.05, 0.1) is 0 Å². The smallest absolute Gasteiger partial charge is 0.302 e. The van der Waals surface area contributed by atoms with Crippen molar-refractivity contribution in [2.45, 2.75) is 133 Å². The summed E-state index contributed by atoms with van der Waals surface area (Å²) in [7, 11) is 0. The number of hydrogen-bond acceptors (Lipinski definition) is 2. The summed E-state index contributed by atoms with van der Waals surface area (Å²) in [6.45, 7) is 22.1. The first-order valence-electron chi connectivity index (χ1n) is 14.5.